The highest BCUT2D eigenvalue weighted by atomic mass is 14.9. The largest absolute Gasteiger partial charge is 0.388 e. The van der Waals surface area contributed by atoms with E-state index in [1.54, 1.807) is 0 Å². The van der Waals surface area contributed by atoms with Gasteiger partial charge in [0, 0.05) is 30.9 Å². The van der Waals surface area contributed by atoms with Crippen molar-refractivity contribution in [1.29, 1.82) is 0 Å². The third-order valence-electron chi connectivity index (χ3n) is 2.63. The maximum absolute atomic E-state index is 3.45. The standard InChI is InChI=1S/C11H18N2/c1-3-7-12-10(5-1)9-11-6-2-4-8-13-11/h5-6,12-13H,1-4,7-9H2. The Morgan fingerprint density at radius 3 is 1.85 bits per heavy atom. The predicted octanol–water partition coefficient (Wildman–Crippen LogP) is 1.91. The maximum Gasteiger partial charge on any atom is 0.0265 e. The van der Waals surface area contributed by atoms with Gasteiger partial charge in [-0.3, -0.25) is 0 Å². The summed E-state index contributed by atoms with van der Waals surface area (Å²) in [4.78, 5) is 0. The van der Waals surface area contributed by atoms with Crippen LogP contribution in [-0.2, 0) is 0 Å². The lowest BCUT2D eigenvalue weighted by Crippen LogP contribution is -2.24. The minimum atomic E-state index is 1.08. The fourth-order valence-corrected chi connectivity index (χ4v) is 1.87. The molecule has 13 heavy (non-hydrogen) atoms. The molecule has 0 atom stereocenters. The Hall–Kier alpha value is -0.920. The van der Waals surface area contributed by atoms with Crippen molar-refractivity contribution in [2.45, 2.75) is 32.1 Å². The van der Waals surface area contributed by atoms with Crippen LogP contribution < -0.4 is 10.6 Å². The van der Waals surface area contributed by atoms with E-state index in [2.05, 4.69) is 22.8 Å². The van der Waals surface area contributed by atoms with Gasteiger partial charge in [-0.1, -0.05) is 12.2 Å². The Balaban J connectivity index is 1.88. The zero-order valence-corrected chi connectivity index (χ0v) is 8.10. The summed E-state index contributed by atoms with van der Waals surface area (Å²) in [5, 5.41) is 6.89. The van der Waals surface area contributed by atoms with Crippen molar-refractivity contribution in [3.05, 3.63) is 23.5 Å². The molecule has 0 unspecified atom stereocenters. The van der Waals surface area contributed by atoms with Gasteiger partial charge in [0.1, 0.15) is 0 Å². The molecule has 2 N–H and O–H groups in total. The summed E-state index contributed by atoms with van der Waals surface area (Å²) < 4.78 is 0. The number of allylic oxidation sites excluding steroid dienone is 2. The second kappa shape index (κ2) is 4.35. The van der Waals surface area contributed by atoms with Gasteiger partial charge in [-0.25, -0.2) is 0 Å². The van der Waals surface area contributed by atoms with E-state index in [0.29, 0.717) is 0 Å². The van der Waals surface area contributed by atoms with Gasteiger partial charge >= 0.3 is 0 Å². The molecular weight excluding hydrogens is 160 g/mol. The molecule has 72 valence electrons. The quantitative estimate of drug-likeness (QED) is 0.675. The highest BCUT2D eigenvalue weighted by molar-refractivity contribution is 5.15. The predicted molar refractivity (Wildman–Crippen MR) is 55.3 cm³/mol. The fraction of sp³-hybridized carbons (Fsp3) is 0.636. The lowest BCUT2D eigenvalue weighted by Gasteiger charge is -2.20. The lowest BCUT2D eigenvalue weighted by atomic mass is 10.1. The average molecular weight is 178 g/mol. The monoisotopic (exact) mass is 178 g/mol. The van der Waals surface area contributed by atoms with Crippen LogP contribution in [-0.4, -0.2) is 13.1 Å². The van der Waals surface area contributed by atoms with E-state index in [4.69, 9.17) is 0 Å². The molecule has 0 aromatic rings. The zero-order chi connectivity index (χ0) is 8.93. The van der Waals surface area contributed by atoms with Gasteiger partial charge in [-0.15, -0.1) is 0 Å². The van der Waals surface area contributed by atoms with Crippen molar-refractivity contribution in [3.8, 4) is 0 Å². The van der Waals surface area contributed by atoms with Crippen LogP contribution in [0, 0.1) is 0 Å². The van der Waals surface area contributed by atoms with Crippen molar-refractivity contribution in [2.24, 2.45) is 0 Å². The summed E-state index contributed by atoms with van der Waals surface area (Å²) >= 11 is 0. The Kier molecular flexibility index (Phi) is 2.90. The highest BCUT2D eigenvalue weighted by Gasteiger charge is 2.07. The molecule has 2 nitrogen and oxygen atoms in total. The normalized spacial score (nSPS) is 22.5. The van der Waals surface area contributed by atoms with Crippen molar-refractivity contribution < 1.29 is 0 Å². The molecule has 0 saturated heterocycles. The van der Waals surface area contributed by atoms with E-state index < -0.39 is 0 Å². The molecule has 0 bridgehead atoms. The van der Waals surface area contributed by atoms with E-state index in [1.807, 2.05) is 0 Å². The smallest absolute Gasteiger partial charge is 0.0265 e. The topological polar surface area (TPSA) is 24.1 Å². The maximum atomic E-state index is 3.45. The first-order chi connectivity index (χ1) is 6.45. The molecule has 2 heteroatoms. The van der Waals surface area contributed by atoms with E-state index in [1.165, 1.54) is 37.1 Å². The van der Waals surface area contributed by atoms with Gasteiger partial charge in [-0.2, -0.15) is 0 Å². The number of hydrogen-bond acceptors (Lipinski definition) is 2. The Bertz CT molecular complexity index is 204. The Labute approximate surface area is 80.1 Å². The molecular formula is C11H18N2. The highest BCUT2D eigenvalue weighted by Crippen LogP contribution is 2.14. The van der Waals surface area contributed by atoms with Gasteiger partial charge in [-0.05, 0) is 25.7 Å². The van der Waals surface area contributed by atoms with Crippen LogP contribution in [0.1, 0.15) is 32.1 Å². The zero-order valence-electron chi connectivity index (χ0n) is 8.10. The molecule has 2 aliphatic rings. The summed E-state index contributed by atoms with van der Waals surface area (Å²) in [5.41, 5.74) is 2.82. The summed E-state index contributed by atoms with van der Waals surface area (Å²) in [6.45, 7) is 2.30. The van der Waals surface area contributed by atoms with Crippen molar-refractivity contribution in [1.82, 2.24) is 10.6 Å². The van der Waals surface area contributed by atoms with Crippen molar-refractivity contribution in [2.75, 3.05) is 13.1 Å². The third kappa shape index (κ3) is 2.51. The summed E-state index contributed by atoms with van der Waals surface area (Å²) in [7, 11) is 0. The first kappa shape index (κ1) is 8.67. The van der Waals surface area contributed by atoms with Crippen molar-refractivity contribution in [3.63, 3.8) is 0 Å². The van der Waals surface area contributed by atoms with Crippen LogP contribution in [0.4, 0.5) is 0 Å². The van der Waals surface area contributed by atoms with Crippen LogP contribution in [0.15, 0.2) is 23.5 Å². The minimum absolute atomic E-state index is 1.08. The number of nitrogens with one attached hydrogen (secondary N) is 2. The SMILES string of the molecule is C1=C(CC2=CCCCN2)NCCC1. The first-order valence-corrected chi connectivity index (χ1v) is 5.31. The summed E-state index contributed by atoms with van der Waals surface area (Å²) in [5.74, 6) is 0. The van der Waals surface area contributed by atoms with Crippen LogP contribution >= 0.6 is 0 Å². The van der Waals surface area contributed by atoms with Gasteiger partial charge in [0.15, 0.2) is 0 Å². The molecule has 0 aromatic carbocycles. The molecule has 2 heterocycles. The van der Waals surface area contributed by atoms with Gasteiger partial charge in [0.25, 0.3) is 0 Å². The third-order valence-corrected chi connectivity index (χ3v) is 2.63. The van der Waals surface area contributed by atoms with Gasteiger partial charge in [0.05, 0.1) is 0 Å². The Morgan fingerprint density at radius 1 is 0.923 bits per heavy atom. The van der Waals surface area contributed by atoms with E-state index in [0.717, 1.165) is 19.5 Å². The molecule has 0 saturated carbocycles. The minimum Gasteiger partial charge on any atom is -0.388 e. The van der Waals surface area contributed by atoms with E-state index >= 15 is 0 Å². The molecule has 2 rings (SSSR count). The van der Waals surface area contributed by atoms with E-state index in [9.17, 15) is 0 Å². The first-order valence-electron chi connectivity index (χ1n) is 5.31. The van der Waals surface area contributed by atoms with Crippen LogP contribution in [0.2, 0.25) is 0 Å². The fourth-order valence-electron chi connectivity index (χ4n) is 1.87. The number of hydrogen-bond donors (Lipinski definition) is 2. The number of rotatable bonds is 2. The molecule has 0 amide bonds. The second-order valence-corrected chi connectivity index (χ2v) is 3.77. The summed E-state index contributed by atoms with van der Waals surface area (Å²) in [6.07, 6.45) is 10.8. The van der Waals surface area contributed by atoms with Crippen LogP contribution in [0.25, 0.3) is 0 Å². The molecule has 0 spiro atoms. The van der Waals surface area contributed by atoms with Crippen LogP contribution in [0.3, 0.4) is 0 Å². The molecule has 0 aliphatic carbocycles. The summed E-state index contributed by atoms with van der Waals surface area (Å²) in [6, 6.07) is 0. The molecule has 0 aromatic heterocycles. The van der Waals surface area contributed by atoms with Gasteiger partial charge in [0.2, 0.25) is 0 Å². The Morgan fingerprint density at radius 2 is 1.46 bits per heavy atom. The molecule has 2 aliphatic heterocycles. The molecule has 0 fully saturated rings. The van der Waals surface area contributed by atoms with Gasteiger partial charge < -0.3 is 10.6 Å². The van der Waals surface area contributed by atoms with E-state index in [-0.39, 0.29) is 0 Å². The van der Waals surface area contributed by atoms with Crippen LogP contribution in [0.5, 0.6) is 0 Å². The van der Waals surface area contributed by atoms with Crippen molar-refractivity contribution >= 4 is 0 Å². The molecule has 0 radical (unpaired) electrons. The average Bonchev–Trinajstić information content (AvgIpc) is 2.21. The second-order valence-electron chi connectivity index (χ2n) is 3.77. The lowest BCUT2D eigenvalue weighted by molar-refractivity contribution is 0.631.